The van der Waals surface area contributed by atoms with Gasteiger partial charge in [0.2, 0.25) is 0 Å². The van der Waals surface area contributed by atoms with Gasteiger partial charge >= 0.3 is 0 Å². The lowest BCUT2D eigenvalue weighted by atomic mass is 9.81. The zero-order valence-corrected chi connectivity index (χ0v) is 28.6. The van der Waals surface area contributed by atoms with Gasteiger partial charge in [-0.05, 0) is 104 Å². The molecule has 1 aromatic heterocycles. The molecule has 2 nitrogen and oxygen atoms in total. The molecule has 1 aliphatic rings. The van der Waals surface area contributed by atoms with Gasteiger partial charge in [-0.1, -0.05) is 135 Å². The van der Waals surface area contributed by atoms with E-state index in [1.807, 2.05) is 12.1 Å². The summed E-state index contributed by atoms with van der Waals surface area (Å²) in [5.74, 6) is 0. The molecule has 0 aliphatic heterocycles. The summed E-state index contributed by atoms with van der Waals surface area (Å²) in [6.45, 7) is 4.74. The van der Waals surface area contributed by atoms with E-state index < -0.39 is 0 Å². The number of para-hydroxylation sites is 2. The molecule has 8 aromatic carbocycles. The molecule has 9 aromatic rings. The molecule has 0 amide bonds. The smallest absolute Gasteiger partial charge is 0.135 e. The number of hydrogen-bond acceptors (Lipinski definition) is 2. The predicted octanol–water partition coefficient (Wildman–Crippen LogP) is 13.8. The Bertz CT molecular complexity index is 2790. The van der Waals surface area contributed by atoms with Crippen LogP contribution in [-0.4, -0.2) is 0 Å². The first-order valence-electron chi connectivity index (χ1n) is 17.7. The molecule has 51 heavy (non-hydrogen) atoms. The Morgan fingerprint density at radius 3 is 1.86 bits per heavy atom. The van der Waals surface area contributed by atoms with Crippen molar-refractivity contribution in [1.29, 1.82) is 0 Å². The Hall–Kier alpha value is -6.38. The number of nitrogens with zero attached hydrogens (tertiary/aromatic N) is 1. The largest absolute Gasteiger partial charge is 0.456 e. The number of anilines is 3. The minimum Gasteiger partial charge on any atom is -0.456 e. The zero-order chi connectivity index (χ0) is 34.1. The molecule has 10 rings (SSSR count). The maximum absolute atomic E-state index is 6.29. The van der Waals surface area contributed by atoms with Gasteiger partial charge in [-0.2, -0.15) is 0 Å². The van der Waals surface area contributed by atoms with Gasteiger partial charge in [0.1, 0.15) is 11.2 Å². The lowest BCUT2D eigenvalue weighted by molar-refractivity contribution is 0.661. The molecule has 1 aliphatic carbocycles. The second-order valence-corrected chi connectivity index (χ2v) is 14.1. The third-order valence-electron chi connectivity index (χ3n) is 10.8. The fourth-order valence-electron chi connectivity index (χ4n) is 8.31. The van der Waals surface area contributed by atoms with Crippen LogP contribution in [0.1, 0.15) is 25.0 Å². The van der Waals surface area contributed by atoms with E-state index in [0.717, 1.165) is 39.0 Å². The second kappa shape index (κ2) is 11.3. The van der Waals surface area contributed by atoms with Crippen LogP contribution in [0.4, 0.5) is 17.1 Å². The summed E-state index contributed by atoms with van der Waals surface area (Å²) < 4.78 is 6.29. The Labute approximate surface area is 297 Å². The SMILES string of the molecule is CC1(C)c2cc(N(c3ccc4oc5ccccc5c4c3)c3ccccc3-c3ccccc3-c3ccccc3)ccc2-c2cc3ccccc3cc21. The van der Waals surface area contributed by atoms with Crippen molar-refractivity contribution < 1.29 is 4.42 Å². The highest BCUT2D eigenvalue weighted by atomic mass is 16.3. The van der Waals surface area contributed by atoms with E-state index in [9.17, 15) is 0 Å². The first-order chi connectivity index (χ1) is 25.0. The van der Waals surface area contributed by atoms with Crippen molar-refractivity contribution in [1.82, 2.24) is 0 Å². The Kier molecular flexibility index (Phi) is 6.56. The van der Waals surface area contributed by atoms with Crippen molar-refractivity contribution in [2.75, 3.05) is 4.90 Å². The lowest BCUT2D eigenvalue weighted by Crippen LogP contribution is -2.17. The van der Waals surface area contributed by atoms with Gasteiger partial charge in [0.05, 0.1) is 5.69 Å². The Balaban J connectivity index is 1.22. The van der Waals surface area contributed by atoms with Gasteiger partial charge in [-0.3, -0.25) is 0 Å². The Morgan fingerprint density at radius 2 is 1.02 bits per heavy atom. The van der Waals surface area contributed by atoms with E-state index in [0.29, 0.717) is 0 Å². The maximum Gasteiger partial charge on any atom is 0.135 e. The molecular formula is C49H35NO. The van der Waals surface area contributed by atoms with Gasteiger partial charge in [-0.15, -0.1) is 0 Å². The zero-order valence-electron chi connectivity index (χ0n) is 28.6. The Morgan fingerprint density at radius 1 is 0.412 bits per heavy atom. The van der Waals surface area contributed by atoms with Crippen LogP contribution in [0.2, 0.25) is 0 Å². The quantitative estimate of drug-likeness (QED) is 0.184. The van der Waals surface area contributed by atoms with Gasteiger partial charge in [-0.25, -0.2) is 0 Å². The van der Waals surface area contributed by atoms with E-state index in [1.54, 1.807) is 0 Å². The van der Waals surface area contributed by atoms with Crippen LogP contribution < -0.4 is 4.90 Å². The van der Waals surface area contributed by atoms with E-state index >= 15 is 0 Å². The highest BCUT2D eigenvalue weighted by Gasteiger charge is 2.36. The molecule has 0 fully saturated rings. The van der Waals surface area contributed by atoms with Crippen molar-refractivity contribution in [3.8, 4) is 33.4 Å². The number of hydrogen-bond donors (Lipinski definition) is 0. The maximum atomic E-state index is 6.29. The predicted molar refractivity (Wildman–Crippen MR) is 214 cm³/mol. The van der Waals surface area contributed by atoms with Crippen molar-refractivity contribution >= 4 is 49.8 Å². The average Bonchev–Trinajstić information content (AvgIpc) is 3.66. The summed E-state index contributed by atoms with van der Waals surface area (Å²) in [4.78, 5) is 2.44. The molecule has 0 saturated heterocycles. The first kappa shape index (κ1) is 29.5. The van der Waals surface area contributed by atoms with Crippen molar-refractivity contribution in [2.45, 2.75) is 19.3 Å². The fourth-order valence-corrected chi connectivity index (χ4v) is 8.31. The number of rotatable bonds is 5. The third-order valence-corrected chi connectivity index (χ3v) is 10.8. The first-order valence-corrected chi connectivity index (χ1v) is 17.7. The summed E-state index contributed by atoms with van der Waals surface area (Å²) in [6, 6.07) is 63.8. The summed E-state index contributed by atoms with van der Waals surface area (Å²) in [7, 11) is 0. The normalized spacial score (nSPS) is 13.1. The van der Waals surface area contributed by atoms with Crippen LogP contribution in [0.3, 0.4) is 0 Å². The highest BCUT2D eigenvalue weighted by Crippen LogP contribution is 2.52. The summed E-state index contributed by atoms with van der Waals surface area (Å²) in [5.41, 5.74) is 15.1. The number of furan rings is 1. The number of benzene rings is 8. The standard InChI is InChI=1S/C49H35NO/c1-49(2)44-29-34-17-7-6-16-33(34)28-42(44)39-26-24-36(31-45(39)49)50(35-25-27-48-43(30-35)41-21-11-13-23-47(41)51-48)46-22-12-10-20-40(46)38-19-9-8-18-37(38)32-14-4-3-5-15-32/h3-31H,1-2H3. The van der Waals surface area contributed by atoms with Crippen LogP contribution >= 0.6 is 0 Å². The lowest BCUT2D eigenvalue weighted by Gasteiger charge is -2.30. The van der Waals surface area contributed by atoms with Crippen molar-refractivity contribution in [3.63, 3.8) is 0 Å². The van der Waals surface area contributed by atoms with Gasteiger partial charge in [0.15, 0.2) is 0 Å². The van der Waals surface area contributed by atoms with E-state index in [2.05, 4.69) is 183 Å². The summed E-state index contributed by atoms with van der Waals surface area (Å²) >= 11 is 0. The molecule has 0 radical (unpaired) electrons. The van der Waals surface area contributed by atoms with Gasteiger partial charge in [0, 0.05) is 33.1 Å². The average molecular weight is 654 g/mol. The topological polar surface area (TPSA) is 16.4 Å². The number of fused-ring (bicyclic) bond motifs is 7. The molecule has 0 bridgehead atoms. The molecule has 242 valence electrons. The van der Waals surface area contributed by atoms with E-state index in [4.69, 9.17) is 4.42 Å². The van der Waals surface area contributed by atoms with Crippen LogP contribution in [-0.2, 0) is 5.41 Å². The third kappa shape index (κ3) is 4.64. The fraction of sp³-hybridized carbons (Fsp3) is 0.0612. The molecule has 1 heterocycles. The molecular weight excluding hydrogens is 619 g/mol. The molecule has 0 spiro atoms. The monoisotopic (exact) mass is 653 g/mol. The second-order valence-electron chi connectivity index (χ2n) is 14.1. The van der Waals surface area contributed by atoms with Crippen molar-refractivity contribution in [2.24, 2.45) is 0 Å². The van der Waals surface area contributed by atoms with Gasteiger partial charge < -0.3 is 9.32 Å². The van der Waals surface area contributed by atoms with Crippen LogP contribution in [0.25, 0.3) is 66.1 Å². The van der Waals surface area contributed by atoms with Crippen molar-refractivity contribution in [3.05, 3.63) is 187 Å². The summed E-state index contributed by atoms with van der Waals surface area (Å²) in [6.07, 6.45) is 0. The van der Waals surface area contributed by atoms with E-state index in [1.165, 1.54) is 55.3 Å². The molecule has 0 atom stereocenters. The van der Waals surface area contributed by atoms with Crippen LogP contribution in [0.5, 0.6) is 0 Å². The minimum atomic E-state index is -0.166. The van der Waals surface area contributed by atoms with Crippen LogP contribution in [0.15, 0.2) is 180 Å². The van der Waals surface area contributed by atoms with Crippen LogP contribution in [0, 0.1) is 0 Å². The van der Waals surface area contributed by atoms with E-state index in [-0.39, 0.29) is 5.41 Å². The summed E-state index contributed by atoms with van der Waals surface area (Å²) in [5, 5.41) is 4.79. The minimum absolute atomic E-state index is 0.166. The van der Waals surface area contributed by atoms with Gasteiger partial charge in [0.25, 0.3) is 0 Å². The molecule has 0 unspecified atom stereocenters. The molecule has 2 heteroatoms. The molecule has 0 saturated carbocycles. The highest BCUT2D eigenvalue weighted by molar-refractivity contribution is 6.07. The molecule has 0 N–H and O–H groups in total.